The molecule has 0 spiro atoms. The highest BCUT2D eigenvalue weighted by Crippen LogP contribution is 2.39. The molecule has 0 saturated heterocycles. The summed E-state index contributed by atoms with van der Waals surface area (Å²) in [7, 11) is -3.99. The molecule has 3 aromatic carbocycles. The molecular formula is C24H22ClN5O3S. The molecule has 0 atom stereocenters. The van der Waals surface area contributed by atoms with Crippen molar-refractivity contribution in [1.82, 2.24) is 20.7 Å². The quantitative estimate of drug-likeness (QED) is 0.509. The summed E-state index contributed by atoms with van der Waals surface area (Å²) in [5.74, 6) is -0.697. The van der Waals surface area contributed by atoms with Crippen LogP contribution >= 0.6 is 11.6 Å². The van der Waals surface area contributed by atoms with E-state index in [4.69, 9.17) is 11.6 Å². The lowest BCUT2D eigenvalue weighted by Crippen LogP contribution is -2.40. The number of carbonyl (C=O) groups excluding carboxylic acids is 1. The van der Waals surface area contributed by atoms with Gasteiger partial charge in [-0.05, 0) is 61.5 Å². The first-order valence-electron chi connectivity index (χ1n) is 10.6. The third kappa shape index (κ3) is 4.09. The van der Waals surface area contributed by atoms with Crippen LogP contribution in [0.25, 0.3) is 5.70 Å². The van der Waals surface area contributed by atoms with Gasteiger partial charge in [-0.1, -0.05) is 29.8 Å². The zero-order valence-electron chi connectivity index (χ0n) is 18.2. The van der Waals surface area contributed by atoms with Gasteiger partial charge < -0.3 is 10.3 Å². The van der Waals surface area contributed by atoms with Gasteiger partial charge in [0.25, 0.3) is 15.9 Å². The number of allylic oxidation sites excluding steroid dienone is 1. The van der Waals surface area contributed by atoms with Gasteiger partial charge in [0, 0.05) is 28.4 Å². The number of sulfonamides is 1. The van der Waals surface area contributed by atoms with Crippen LogP contribution in [0.3, 0.4) is 0 Å². The molecule has 1 amide bonds. The molecule has 0 aromatic heterocycles. The highest BCUT2D eigenvalue weighted by Gasteiger charge is 2.30. The van der Waals surface area contributed by atoms with Gasteiger partial charge in [-0.3, -0.25) is 9.80 Å². The molecule has 10 heteroatoms. The Labute approximate surface area is 202 Å². The molecule has 2 aliphatic rings. The zero-order chi connectivity index (χ0) is 23.9. The van der Waals surface area contributed by atoms with Gasteiger partial charge in [-0.25, -0.2) is 13.1 Å². The standard InChI is InChI=1S/C24H22ClN5O3S/c1-16-23-21-12-7-17(24(31)27-34(32,33)20-5-3-2-4-6-20)15-22(21)29(13-14-30(23)28-26-16)19-10-8-18(25)9-11-19/h2-12,15,26,28H,13-14H2,1H3,(H,27,31). The molecule has 2 aliphatic heterocycles. The number of anilines is 2. The number of rotatable bonds is 4. The zero-order valence-corrected chi connectivity index (χ0v) is 19.8. The van der Waals surface area contributed by atoms with E-state index in [-0.39, 0.29) is 10.5 Å². The van der Waals surface area contributed by atoms with Crippen molar-refractivity contribution in [3.63, 3.8) is 0 Å². The van der Waals surface area contributed by atoms with Crippen LogP contribution in [-0.4, -0.2) is 32.4 Å². The van der Waals surface area contributed by atoms with E-state index in [9.17, 15) is 13.2 Å². The second-order valence-electron chi connectivity index (χ2n) is 7.97. The van der Waals surface area contributed by atoms with Crippen LogP contribution in [0, 0.1) is 0 Å². The van der Waals surface area contributed by atoms with E-state index in [2.05, 4.69) is 20.6 Å². The molecule has 0 aliphatic carbocycles. The van der Waals surface area contributed by atoms with Gasteiger partial charge in [0.05, 0.1) is 28.5 Å². The molecule has 34 heavy (non-hydrogen) atoms. The van der Waals surface area contributed by atoms with Crippen molar-refractivity contribution in [1.29, 1.82) is 0 Å². The molecule has 0 unspecified atom stereocenters. The summed E-state index contributed by atoms with van der Waals surface area (Å²) in [6, 6.07) is 20.5. The largest absolute Gasteiger partial charge is 0.339 e. The first kappa shape index (κ1) is 22.3. The van der Waals surface area contributed by atoms with Crippen LogP contribution in [0.15, 0.2) is 83.4 Å². The lowest BCUT2D eigenvalue weighted by Gasteiger charge is -2.25. The Balaban J connectivity index is 1.56. The minimum Gasteiger partial charge on any atom is -0.339 e. The predicted molar refractivity (Wildman–Crippen MR) is 132 cm³/mol. The molecule has 3 N–H and O–H groups in total. The first-order valence-corrected chi connectivity index (χ1v) is 12.5. The van der Waals surface area contributed by atoms with Crippen molar-refractivity contribution in [3.8, 4) is 0 Å². The van der Waals surface area contributed by atoms with Gasteiger partial charge >= 0.3 is 0 Å². The number of nitrogens with one attached hydrogen (secondary N) is 3. The second kappa shape index (κ2) is 8.68. The summed E-state index contributed by atoms with van der Waals surface area (Å²) in [4.78, 5) is 15.1. The van der Waals surface area contributed by atoms with E-state index in [1.807, 2.05) is 42.3 Å². The van der Waals surface area contributed by atoms with Crippen LogP contribution in [-0.2, 0) is 10.0 Å². The number of fused-ring (bicyclic) bond motifs is 3. The third-order valence-corrected chi connectivity index (χ3v) is 7.37. The number of halogens is 1. The normalized spacial score (nSPS) is 15.4. The molecule has 3 aromatic rings. The molecule has 0 fully saturated rings. The Morgan fingerprint density at radius 2 is 1.74 bits per heavy atom. The van der Waals surface area contributed by atoms with E-state index < -0.39 is 15.9 Å². The maximum absolute atomic E-state index is 13.0. The number of hydrogen-bond donors (Lipinski definition) is 3. The highest BCUT2D eigenvalue weighted by molar-refractivity contribution is 7.90. The monoisotopic (exact) mass is 495 g/mol. The van der Waals surface area contributed by atoms with Crippen molar-refractivity contribution in [2.45, 2.75) is 11.8 Å². The Hall–Kier alpha value is -3.53. The van der Waals surface area contributed by atoms with Gasteiger partial charge in [-0.15, -0.1) is 5.53 Å². The minimum atomic E-state index is -3.99. The van der Waals surface area contributed by atoms with E-state index >= 15 is 0 Å². The van der Waals surface area contributed by atoms with Crippen molar-refractivity contribution < 1.29 is 13.2 Å². The van der Waals surface area contributed by atoms with E-state index in [1.54, 1.807) is 30.3 Å². The molecule has 0 bridgehead atoms. The van der Waals surface area contributed by atoms with Crippen LogP contribution in [0.4, 0.5) is 11.4 Å². The van der Waals surface area contributed by atoms with Gasteiger partial charge in [0.2, 0.25) is 0 Å². The molecule has 5 rings (SSSR count). The molecule has 0 radical (unpaired) electrons. The van der Waals surface area contributed by atoms with Crippen LogP contribution in [0.2, 0.25) is 5.02 Å². The van der Waals surface area contributed by atoms with Crippen molar-refractivity contribution >= 4 is 44.6 Å². The molecule has 0 saturated carbocycles. The Kier molecular flexibility index (Phi) is 5.68. The van der Waals surface area contributed by atoms with E-state index in [1.165, 1.54) is 12.1 Å². The second-order valence-corrected chi connectivity index (χ2v) is 10.1. The highest BCUT2D eigenvalue weighted by atomic mass is 35.5. The molecular weight excluding hydrogens is 474 g/mol. The number of hydrogen-bond acceptors (Lipinski definition) is 7. The van der Waals surface area contributed by atoms with Crippen molar-refractivity contribution in [2.24, 2.45) is 0 Å². The number of benzene rings is 3. The van der Waals surface area contributed by atoms with Gasteiger partial charge in [-0.2, -0.15) is 0 Å². The Morgan fingerprint density at radius 1 is 1.00 bits per heavy atom. The summed E-state index contributed by atoms with van der Waals surface area (Å²) in [5.41, 5.74) is 11.1. The fourth-order valence-electron chi connectivity index (χ4n) is 4.13. The van der Waals surface area contributed by atoms with Crippen LogP contribution < -0.4 is 20.6 Å². The summed E-state index contributed by atoms with van der Waals surface area (Å²) in [6.45, 7) is 3.26. The summed E-state index contributed by atoms with van der Waals surface area (Å²) < 4.78 is 27.5. The summed E-state index contributed by atoms with van der Waals surface area (Å²) >= 11 is 6.10. The van der Waals surface area contributed by atoms with Crippen LogP contribution in [0.5, 0.6) is 0 Å². The smallest absolute Gasteiger partial charge is 0.265 e. The average molecular weight is 496 g/mol. The van der Waals surface area contributed by atoms with E-state index in [0.29, 0.717) is 18.1 Å². The molecule has 174 valence electrons. The number of carbonyl (C=O) groups is 1. The maximum atomic E-state index is 13.0. The lowest BCUT2D eigenvalue weighted by molar-refractivity contribution is 0.0981. The van der Waals surface area contributed by atoms with Crippen molar-refractivity contribution in [2.75, 3.05) is 18.0 Å². The predicted octanol–water partition coefficient (Wildman–Crippen LogP) is 3.62. The van der Waals surface area contributed by atoms with Gasteiger partial charge in [0.15, 0.2) is 0 Å². The Bertz CT molecular complexity index is 1390. The third-order valence-electron chi connectivity index (χ3n) is 5.78. The fraction of sp³-hybridized carbons (Fsp3) is 0.125. The number of nitrogens with zero attached hydrogens (tertiary/aromatic N) is 2. The van der Waals surface area contributed by atoms with Crippen LogP contribution in [0.1, 0.15) is 22.8 Å². The van der Waals surface area contributed by atoms with E-state index in [0.717, 1.165) is 28.3 Å². The Morgan fingerprint density at radius 3 is 2.47 bits per heavy atom. The number of amides is 1. The fourth-order valence-corrected chi connectivity index (χ4v) is 5.25. The topological polar surface area (TPSA) is 93.8 Å². The molecule has 2 heterocycles. The van der Waals surface area contributed by atoms with Gasteiger partial charge in [0.1, 0.15) is 0 Å². The molecule has 8 nitrogen and oxygen atoms in total. The minimum absolute atomic E-state index is 0.0282. The summed E-state index contributed by atoms with van der Waals surface area (Å²) in [5, 5.41) is 2.65. The lowest BCUT2D eigenvalue weighted by atomic mass is 10.0. The van der Waals surface area contributed by atoms with Crippen molar-refractivity contribution in [3.05, 3.63) is 94.6 Å². The average Bonchev–Trinajstić information content (AvgIpc) is 3.11. The number of hydrazine groups is 2. The maximum Gasteiger partial charge on any atom is 0.265 e. The first-order chi connectivity index (χ1) is 16.3. The SMILES string of the molecule is CC1=C2c3ccc(C(=O)NS(=O)(=O)c4ccccc4)cc3N(c3ccc(Cl)cc3)CCN2NN1. The summed E-state index contributed by atoms with van der Waals surface area (Å²) in [6.07, 6.45) is 0.